The SMILES string of the molecule is CC(N)(C(N)=O)S(=O)(=O)c1ccccc1. The van der Waals surface area contributed by atoms with Crippen LogP contribution in [0.2, 0.25) is 0 Å². The van der Waals surface area contributed by atoms with Crippen LogP contribution >= 0.6 is 0 Å². The molecule has 1 aromatic rings. The van der Waals surface area contributed by atoms with Crippen LogP contribution in [0.4, 0.5) is 0 Å². The molecule has 0 aliphatic heterocycles. The standard InChI is InChI=1S/C9H12N2O3S/c1-9(11,8(10)12)15(13,14)7-5-3-2-4-6-7/h2-6H,11H2,1H3,(H2,10,12). The van der Waals surface area contributed by atoms with Crippen LogP contribution in [0.15, 0.2) is 35.2 Å². The highest BCUT2D eigenvalue weighted by Crippen LogP contribution is 2.20. The van der Waals surface area contributed by atoms with Crippen molar-refractivity contribution >= 4 is 15.7 Å². The minimum Gasteiger partial charge on any atom is -0.367 e. The molecule has 1 amide bonds. The van der Waals surface area contributed by atoms with Crippen molar-refractivity contribution in [1.29, 1.82) is 0 Å². The lowest BCUT2D eigenvalue weighted by Gasteiger charge is -2.20. The van der Waals surface area contributed by atoms with Gasteiger partial charge in [-0.3, -0.25) is 4.79 Å². The van der Waals surface area contributed by atoms with Gasteiger partial charge in [0, 0.05) is 0 Å². The van der Waals surface area contributed by atoms with E-state index in [2.05, 4.69) is 0 Å². The molecule has 0 bridgehead atoms. The highest BCUT2D eigenvalue weighted by Gasteiger charge is 2.41. The van der Waals surface area contributed by atoms with Crippen molar-refractivity contribution in [1.82, 2.24) is 0 Å². The summed E-state index contributed by atoms with van der Waals surface area (Å²) in [5.74, 6) is -1.08. The van der Waals surface area contributed by atoms with Crippen molar-refractivity contribution in [2.24, 2.45) is 11.5 Å². The average Bonchev–Trinajstić information content (AvgIpc) is 2.18. The molecule has 6 heteroatoms. The predicted octanol–water partition coefficient (Wildman–Crippen LogP) is -0.379. The molecule has 0 spiro atoms. The fourth-order valence-corrected chi connectivity index (χ4v) is 2.25. The number of amides is 1. The fraction of sp³-hybridized carbons (Fsp3) is 0.222. The summed E-state index contributed by atoms with van der Waals surface area (Å²) in [6.45, 7) is 1.08. The molecule has 82 valence electrons. The molecule has 0 aliphatic rings. The third-order valence-corrected chi connectivity index (χ3v) is 4.31. The lowest BCUT2D eigenvalue weighted by atomic mass is 10.3. The van der Waals surface area contributed by atoms with Gasteiger partial charge in [-0.25, -0.2) is 8.42 Å². The van der Waals surface area contributed by atoms with Crippen molar-refractivity contribution in [2.45, 2.75) is 16.7 Å². The van der Waals surface area contributed by atoms with E-state index in [0.29, 0.717) is 0 Å². The van der Waals surface area contributed by atoms with E-state index in [0.717, 1.165) is 6.92 Å². The molecule has 1 unspecified atom stereocenters. The van der Waals surface area contributed by atoms with Gasteiger partial charge < -0.3 is 11.5 Å². The Morgan fingerprint density at radius 3 is 2.13 bits per heavy atom. The maximum Gasteiger partial charge on any atom is 0.253 e. The highest BCUT2D eigenvalue weighted by atomic mass is 32.2. The summed E-state index contributed by atoms with van der Waals surface area (Å²) >= 11 is 0. The molecule has 15 heavy (non-hydrogen) atoms. The van der Waals surface area contributed by atoms with Gasteiger partial charge >= 0.3 is 0 Å². The van der Waals surface area contributed by atoms with Gasteiger partial charge in [-0.05, 0) is 19.1 Å². The van der Waals surface area contributed by atoms with E-state index in [1.165, 1.54) is 12.1 Å². The Morgan fingerprint density at radius 2 is 1.73 bits per heavy atom. The largest absolute Gasteiger partial charge is 0.367 e. The van der Waals surface area contributed by atoms with E-state index < -0.39 is 20.6 Å². The van der Waals surface area contributed by atoms with Crippen LogP contribution in [0.1, 0.15) is 6.92 Å². The fourth-order valence-electron chi connectivity index (χ4n) is 0.977. The minimum atomic E-state index is -3.93. The zero-order valence-corrected chi connectivity index (χ0v) is 8.99. The van der Waals surface area contributed by atoms with Crippen LogP contribution in [0.5, 0.6) is 0 Å². The Kier molecular flexibility index (Phi) is 2.83. The summed E-state index contributed by atoms with van der Waals surface area (Å²) < 4.78 is 23.7. The van der Waals surface area contributed by atoms with Gasteiger partial charge in [-0.1, -0.05) is 18.2 Å². The molecule has 0 saturated heterocycles. The molecule has 1 aromatic carbocycles. The van der Waals surface area contributed by atoms with E-state index in [-0.39, 0.29) is 4.90 Å². The van der Waals surface area contributed by atoms with E-state index in [1.807, 2.05) is 0 Å². The molecule has 4 N–H and O–H groups in total. The Bertz CT molecular complexity index is 465. The Balaban J connectivity index is 3.33. The molecular formula is C9H12N2O3S. The van der Waals surface area contributed by atoms with Crippen LogP contribution in [0.25, 0.3) is 0 Å². The molecule has 1 atom stereocenters. The first-order chi connectivity index (χ1) is 6.80. The van der Waals surface area contributed by atoms with Crippen LogP contribution < -0.4 is 11.5 Å². The zero-order valence-electron chi connectivity index (χ0n) is 8.17. The number of rotatable bonds is 3. The normalized spacial score (nSPS) is 15.6. The van der Waals surface area contributed by atoms with Crippen molar-refractivity contribution in [3.63, 3.8) is 0 Å². The summed E-state index contributed by atoms with van der Waals surface area (Å²) in [7, 11) is -3.93. The predicted molar refractivity (Wildman–Crippen MR) is 55.4 cm³/mol. The van der Waals surface area contributed by atoms with E-state index in [1.54, 1.807) is 18.2 Å². The molecule has 0 aromatic heterocycles. The topological polar surface area (TPSA) is 103 Å². The second-order valence-corrected chi connectivity index (χ2v) is 5.61. The summed E-state index contributed by atoms with van der Waals surface area (Å²) in [4.78, 5) is 8.85. The number of benzene rings is 1. The summed E-state index contributed by atoms with van der Waals surface area (Å²) in [5, 5.41) is 0. The van der Waals surface area contributed by atoms with Gasteiger partial charge in [-0.15, -0.1) is 0 Å². The lowest BCUT2D eigenvalue weighted by Crippen LogP contribution is -2.55. The number of hydrogen-bond acceptors (Lipinski definition) is 4. The molecule has 1 rings (SSSR count). The maximum atomic E-state index is 11.9. The Labute approximate surface area is 88.0 Å². The molecule has 0 aliphatic carbocycles. The van der Waals surface area contributed by atoms with Gasteiger partial charge in [0.15, 0.2) is 4.87 Å². The Hall–Kier alpha value is -1.40. The first kappa shape index (κ1) is 11.7. The first-order valence-corrected chi connectivity index (χ1v) is 5.67. The third kappa shape index (κ3) is 1.86. The number of nitrogens with two attached hydrogens (primary N) is 2. The van der Waals surface area contributed by atoms with Crippen molar-refractivity contribution in [2.75, 3.05) is 0 Å². The first-order valence-electron chi connectivity index (χ1n) is 4.18. The molecule has 5 nitrogen and oxygen atoms in total. The van der Waals surface area contributed by atoms with Crippen LogP contribution in [-0.2, 0) is 14.6 Å². The second-order valence-electron chi connectivity index (χ2n) is 3.29. The van der Waals surface area contributed by atoms with E-state index in [9.17, 15) is 13.2 Å². The van der Waals surface area contributed by atoms with E-state index in [4.69, 9.17) is 11.5 Å². The van der Waals surface area contributed by atoms with Gasteiger partial charge in [0.05, 0.1) is 4.90 Å². The molecule has 0 radical (unpaired) electrons. The maximum absolute atomic E-state index is 11.9. The molecule has 0 fully saturated rings. The van der Waals surface area contributed by atoms with E-state index >= 15 is 0 Å². The molecular weight excluding hydrogens is 216 g/mol. The van der Waals surface area contributed by atoms with Crippen molar-refractivity contribution in [3.8, 4) is 0 Å². The van der Waals surface area contributed by atoms with Crippen molar-refractivity contribution in [3.05, 3.63) is 30.3 Å². The number of carbonyl (C=O) groups is 1. The summed E-state index contributed by atoms with van der Waals surface area (Å²) in [6.07, 6.45) is 0. The van der Waals surface area contributed by atoms with Gasteiger partial charge in [0.2, 0.25) is 9.84 Å². The highest BCUT2D eigenvalue weighted by molar-refractivity contribution is 7.93. The molecule has 0 heterocycles. The molecule has 0 saturated carbocycles. The summed E-state index contributed by atoms with van der Waals surface area (Å²) in [5.41, 5.74) is 10.4. The van der Waals surface area contributed by atoms with Crippen LogP contribution in [0, 0.1) is 0 Å². The Morgan fingerprint density at radius 1 is 1.27 bits per heavy atom. The average molecular weight is 228 g/mol. The van der Waals surface area contributed by atoms with Crippen molar-refractivity contribution < 1.29 is 13.2 Å². The number of sulfone groups is 1. The monoisotopic (exact) mass is 228 g/mol. The van der Waals surface area contributed by atoms with Gasteiger partial charge in [0.25, 0.3) is 5.91 Å². The van der Waals surface area contributed by atoms with Gasteiger partial charge in [-0.2, -0.15) is 0 Å². The second kappa shape index (κ2) is 3.63. The van der Waals surface area contributed by atoms with Crippen LogP contribution in [0.3, 0.4) is 0 Å². The zero-order chi connectivity index (χ0) is 11.7. The minimum absolute atomic E-state index is 0.0196. The number of primary amides is 1. The smallest absolute Gasteiger partial charge is 0.253 e. The summed E-state index contributed by atoms with van der Waals surface area (Å²) in [6, 6.07) is 7.48. The quantitative estimate of drug-likeness (QED) is 0.736. The van der Waals surface area contributed by atoms with Gasteiger partial charge in [0.1, 0.15) is 0 Å². The number of carbonyl (C=O) groups excluding carboxylic acids is 1. The van der Waals surface area contributed by atoms with Crippen LogP contribution in [-0.4, -0.2) is 19.2 Å². The third-order valence-electron chi connectivity index (χ3n) is 2.10. The number of hydrogen-bond donors (Lipinski definition) is 2. The lowest BCUT2D eigenvalue weighted by molar-refractivity contribution is -0.120.